The molecule has 0 radical (unpaired) electrons. The number of rotatable bonds is 18. The van der Waals surface area contributed by atoms with Crippen molar-refractivity contribution >= 4 is 48.3 Å². The van der Waals surface area contributed by atoms with Gasteiger partial charge in [0.25, 0.3) is 0 Å². The Hall–Kier alpha value is -1.21. The topological polar surface area (TPSA) is 320 Å². The molecule has 0 bridgehead atoms. The molecule has 1 fully saturated rings. The smallest absolute Gasteiger partial charge is 0.390 e. The van der Waals surface area contributed by atoms with Crippen molar-refractivity contribution in [3.8, 4) is 0 Å². The number of aromatic nitrogens is 4. The summed E-state index contributed by atoms with van der Waals surface area (Å²) in [5.74, 6) is 0.161. The minimum Gasteiger partial charge on any atom is -0.390 e. The van der Waals surface area contributed by atoms with Crippen LogP contribution in [-0.2, 0) is 51.5 Å². The molecular formula is C17H32N6O15P4. The Morgan fingerprint density at radius 2 is 1.52 bits per heavy atom. The second-order valence-electron chi connectivity index (χ2n) is 8.88. The molecule has 3 rings (SSSR count). The van der Waals surface area contributed by atoms with E-state index in [9.17, 15) is 42.9 Å². The van der Waals surface area contributed by atoms with Gasteiger partial charge in [0, 0.05) is 6.42 Å². The van der Waals surface area contributed by atoms with E-state index in [0.717, 1.165) is 0 Å². The molecule has 21 nitrogen and oxygen atoms in total. The predicted molar refractivity (Wildman–Crippen MR) is 141 cm³/mol. The van der Waals surface area contributed by atoms with Crippen LogP contribution < -0.4 is 11.5 Å². The van der Waals surface area contributed by atoms with Gasteiger partial charge in [-0.25, -0.2) is 33.2 Å². The molecular weight excluding hydrogens is 652 g/mol. The maximum Gasteiger partial charge on any atom is 0.490 e. The van der Waals surface area contributed by atoms with Crippen LogP contribution in [0.5, 0.6) is 0 Å². The summed E-state index contributed by atoms with van der Waals surface area (Å²) in [6.07, 6.45) is 1.91. The number of phosphoric acid groups is 4. The Morgan fingerprint density at radius 3 is 2.19 bits per heavy atom. The molecule has 0 aromatic carbocycles. The number of aliphatic hydroxyl groups excluding tert-OH is 1. The first kappa shape index (κ1) is 35.3. The fraction of sp³-hybridized carbons (Fsp3) is 0.706. The summed E-state index contributed by atoms with van der Waals surface area (Å²) < 4.78 is 76.0. The molecule has 0 amide bonds. The van der Waals surface area contributed by atoms with Crippen molar-refractivity contribution in [2.24, 2.45) is 5.73 Å². The van der Waals surface area contributed by atoms with Gasteiger partial charge in [-0.1, -0.05) is 12.8 Å². The minimum absolute atomic E-state index is 0.0501. The number of unbranched alkanes of at least 4 members (excludes halogenated alkanes) is 3. The largest absolute Gasteiger partial charge is 0.490 e. The summed E-state index contributed by atoms with van der Waals surface area (Å²) in [5.41, 5.74) is 11.8. The molecule has 1 aliphatic rings. The van der Waals surface area contributed by atoms with Gasteiger partial charge in [-0.05, 0) is 19.4 Å². The first-order valence-corrected chi connectivity index (χ1v) is 18.2. The first-order chi connectivity index (χ1) is 19.5. The Labute approximate surface area is 238 Å². The average Bonchev–Trinajstić information content (AvgIpc) is 3.41. The van der Waals surface area contributed by atoms with Gasteiger partial charge in [0.1, 0.15) is 17.9 Å². The van der Waals surface area contributed by atoms with Crippen molar-refractivity contribution in [3.63, 3.8) is 0 Å². The molecule has 7 atom stereocenters. The van der Waals surface area contributed by atoms with Crippen LogP contribution in [0, 0.1) is 0 Å². The Kier molecular flexibility index (Phi) is 12.4. The van der Waals surface area contributed by atoms with Crippen LogP contribution in [0.3, 0.4) is 0 Å². The number of aliphatic hydroxyl groups is 1. The monoisotopic (exact) mass is 684 g/mol. The van der Waals surface area contributed by atoms with E-state index in [1.807, 2.05) is 0 Å². The number of nitrogens with two attached hydrogens (primary N) is 2. The third-order valence-corrected chi connectivity index (χ3v) is 11.4. The molecule has 3 heterocycles. The summed E-state index contributed by atoms with van der Waals surface area (Å²) in [6.45, 7) is -0.601. The van der Waals surface area contributed by atoms with Crippen molar-refractivity contribution in [1.82, 2.24) is 19.5 Å². The van der Waals surface area contributed by atoms with Crippen LogP contribution in [0.4, 0.5) is 5.82 Å². The van der Waals surface area contributed by atoms with E-state index < -0.39 is 56.2 Å². The molecule has 25 heteroatoms. The van der Waals surface area contributed by atoms with Gasteiger partial charge < -0.3 is 45.5 Å². The second-order valence-corrected chi connectivity index (χ2v) is 15.1. The highest BCUT2D eigenvalue weighted by Gasteiger charge is 2.46. The van der Waals surface area contributed by atoms with Crippen molar-refractivity contribution in [2.75, 3.05) is 25.5 Å². The van der Waals surface area contributed by atoms with Crippen LogP contribution >= 0.6 is 31.3 Å². The number of anilines is 1. The van der Waals surface area contributed by atoms with Crippen molar-refractivity contribution in [3.05, 3.63) is 12.7 Å². The minimum atomic E-state index is -5.93. The maximum atomic E-state index is 12.2. The van der Waals surface area contributed by atoms with Gasteiger partial charge in [0.2, 0.25) is 0 Å². The van der Waals surface area contributed by atoms with E-state index in [4.69, 9.17) is 16.2 Å². The van der Waals surface area contributed by atoms with Crippen LogP contribution in [0.1, 0.15) is 32.1 Å². The van der Waals surface area contributed by atoms with Crippen LogP contribution in [0.25, 0.3) is 11.2 Å². The fourth-order valence-electron chi connectivity index (χ4n) is 3.75. The zero-order chi connectivity index (χ0) is 31.2. The summed E-state index contributed by atoms with van der Waals surface area (Å²) in [4.78, 5) is 50.7. The summed E-state index contributed by atoms with van der Waals surface area (Å²) >= 11 is 0. The molecule has 1 saturated heterocycles. The van der Waals surface area contributed by atoms with E-state index in [0.29, 0.717) is 37.0 Å². The number of fused-ring (bicyclic) bond motifs is 1. The molecule has 5 unspecified atom stereocenters. The van der Waals surface area contributed by atoms with Crippen molar-refractivity contribution in [2.45, 2.75) is 57.0 Å². The summed E-state index contributed by atoms with van der Waals surface area (Å²) in [7, 11) is -22.6. The lowest BCUT2D eigenvalue weighted by Crippen LogP contribution is -2.26. The van der Waals surface area contributed by atoms with Gasteiger partial charge in [-0.2, -0.15) is 12.9 Å². The van der Waals surface area contributed by atoms with Crippen molar-refractivity contribution in [1.29, 1.82) is 0 Å². The van der Waals surface area contributed by atoms with Crippen molar-refractivity contribution < 1.29 is 69.7 Å². The molecule has 2 aromatic heterocycles. The zero-order valence-corrected chi connectivity index (χ0v) is 25.4. The van der Waals surface area contributed by atoms with E-state index in [1.54, 1.807) is 4.57 Å². The Bertz CT molecular complexity index is 1400. The molecule has 0 aliphatic carbocycles. The van der Waals surface area contributed by atoms with Crippen LogP contribution in [-0.4, -0.2) is 82.3 Å². The average molecular weight is 684 g/mol. The normalized spacial score (nSPS) is 25.0. The number of nitrogens with zero attached hydrogens (tertiary/aromatic N) is 4. The third kappa shape index (κ3) is 11.1. The Morgan fingerprint density at radius 1 is 0.905 bits per heavy atom. The standard InChI is InChI=1S/C17H32N6O15P4/c18-5-3-1-2-4-6-33-39(25,26)36-41(29,30)38-42(31,32)37-40(27,28)34-9-14-13(24)7-12(35-14)8-23-11-22-15-16(19)20-10-21-17(15)23/h10-14,24H,1-9,18H2,(H,25,26)(H,27,28)(H,29,30)(H,31,32)(H2,19,20,21)/t12-,13?,14-/m1/s1. The predicted octanol–water partition coefficient (Wildman–Crippen LogP) is 0.931. The number of hydrogen-bond donors (Lipinski definition) is 7. The molecule has 240 valence electrons. The van der Waals surface area contributed by atoms with E-state index >= 15 is 0 Å². The lowest BCUT2D eigenvalue weighted by atomic mass is 10.1. The highest BCUT2D eigenvalue weighted by atomic mass is 31.3. The van der Waals surface area contributed by atoms with Crippen LogP contribution in [0.15, 0.2) is 12.7 Å². The molecule has 0 saturated carbocycles. The Balaban J connectivity index is 1.47. The van der Waals surface area contributed by atoms with Gasteiger partial charge in [-0.3, -0.25) is 9.05 Å². The highest BCUT2D eigenvalue weighted by molar-refractivity contribution is 7.69. The van der Waals surface area contributed by atoms with Gasteiger partial charge in [-0.15, -0.1) is 0 Å². The maximum absolute atomic E-state index is 12.2. The highest BCUT2D eigenvalue weighted by Crippen LogP contribution is 2.71. The third-order valence-electron chi connectivity index (χ3n) is 5.50. The second kappa shape index (κ2) is 14.7. The summed E-state index contributed by atoms with van der Waals surface area (Å²) in [5, 5.41) is 10.3. The number of ether oxygens (including phenoxy) is 1. The molecule has 1 aliphatic heterocycles. The quantitative estimate of drug-likeness (QED) is 0.0848. The van der Waals surface area contributed by atoms with E-state index in [1.165, 1.54) is 12.7 Å². The molecule has 2 aromatic rings. The molecule has 0 spiro atoms. The van der Waals surface area contributed by atoms with E-state index in [2.05, 4.69) is 36.9 Å². The van der Waals surface area contributed by atoms with E-state index in [-0.39, 0.29) is 31.8 Å². The first-order valence-electron chi connectivity index (χ1n) is 12.2. The van der Waals surface area contributed by atoms with Crippen LogP contribution in [0.2, 0.25) is 0 Å². The fourth-order valence-corrected chi connectivity index (χ4v) is 8.73. The molecule has 9 N–H and O–H groups in total. The number of hydrogen-bond acceptors (Lipinski definition) is 16. The SMILES string of the molecule is NCCCCCCOP(=O)(O)OP(=O)(O)OP(=O)(O)OP(=O)(O)OC[C@H]1O[C@@H](Cn2cnc3c(N)ncnc32)CC1O. The van der Waals surface area contributed by atoms with Gasteiger partial charge in [0.05, 0.1) is 38.3 Å². The summed E-state index contributed by atoms with van der Waals surface area (Å²) in [6, 6.07) is 0. The number of phosphoric ester groups is 2. The lowest BCUT2D eigenvalue weighted by molar-refractivity contribution is -0.0249. The lowest BCUT2D eigenvalue weighted by Gasteiger charge is -2.21. The zero-order valence-electron chi connectivity index (χ0n) is 21.8. The number of imidazole rings is 1. The molecule has 42 heavy (non-hydrogen) atoms. The van der Waals surface area contributed by atoms with Gasteiger partial charge in [0.15, 0.2) is 11.5 Å². The number of nitrogen functional groups attached to an aromatic ring is 1. The van der Waals surface area contributed by atoms with Gasteiger partial charge >= 0.3 is 31.3 Å².